The van der Waals surface area contributed by atoms with Gasteiger partial charge >= 0.3 is 0 Å². The minimum atomic E-state index is -0.383. The van der Waals surface area contributed by atoms with E-state index in [9.17, 15) is 4.79 Å². The van der Waals surface area contributed by atoms with Crippen molar-refractivity contribution in [2.75, 3.05) is 32.1 Å². The maximum atomic E-state index is 11.7. The van der Waals surface area contributed by atoms with Crippen molar-refractivity contribution in [3.63, 3.8) is 0 Å². The summed E-state index contributed by atoms with van der Waals surface area (Å²) in [5.74, 6) is 0.0700. The fraction of sp³-hybridized carbons (Fsp3) is 0.562. The summed E-state index contributed by atoms with van der Waals surface area (Å²) < 4.78 is 0. The quantitative estimate of drug-likeness (QED) is 0.857. The highest BCUT2D eigenvalue weighted by Gasteiger charge is 2.25. The third kappa shape index (κ3) is 3.12. The second-order valence-electron chi connectivity index (χ2n) is 6.20. The number of anilines is 1. The Morgan fingerprint density at radius 2 is 2.15 bits per heavy atom. The number of hydrogen-bond donors (Lipinski definition) is 2. The van der Waals surface area contributed by atoms with Gasteiger partial charge in [0.2, 0.25) is 5.91 Å². The Balaban J connectivity index is 1.91. The van der Waals surface area contributed by atoms with Crippen molar-refractivity contribution in [2.24, 2.45) is 5.41 Å². The molecule has 0 atom stereocenters. The molecule has 1 aromatic rings. The van der Waals surface area contributed by atoms with Gasteiger partial charge in [0.1, 0.15) is 0 Å². The van der Waals surface area contributed by atoms with Crippen LogP contribution in [0.15, 0.2) is 18.2 Å². The van der Waals surface area contributed by atoms with Crippen LogP contribution in [0.1, 0.15) is 25.0 Å². The maximum Gasteiger partial charge on any atom is 0.226 e. The Hall–Kier alpha value is -1.55. The van der Waals surface area contributed by atoms with Crippen molar-refractivity contribution in [3.05, 3.63) is 29.3 Å². The van der Waals surface area contributed by atoms with Crippen LogP contribution in [-0.2, 0) is 17.8 Å². The van der Waals surface area contributed by atoms with Gasteiger partial charge in [-0.1, -0.05) is 12.1 Å². The molecule has 0 saturated heterocycles. The Kier molecular flexibility index (Phi) is 4.33. The molecule has 0 spiro atoms. The molecule has 1 aliphatic rings. The zero-order valence-electron chi connectivity index (χ0n) is 12.9. The Labute approximate surface area is 121 Å². The minimum absolute atomic E-state index is 0.0700. The van der Waals surface area contributed by atoms with E-state index in [-0.39, 0.29) is 11.3 Å². The summed E-state index contributed by atoms with van der Waals surface area (Å²) in [5.41, 5.74) is 3.68. The van der Waals surface area contributed by atoms with Crippen LogP contribution >= 0.6 is 0 Å². The normalized spacial score (nSPS) is 14.3. The summed E-state index contributed by atoms with van der Waals surface area (Å²) in [6, 6.07) is 6.64. The van der Waals surface area contributed by atoms with Crippen LogP contribution in [0.25, 0.3) is 0 Å². The molecule has 2 N–H and O–H groups in total. The van der Waals surface area contributed by atoms with Crippen molar-refractivity contribution in [1.82, 2.24) is 10.6 Å². The Morgan fingerprint density at radius 3 is 2.85 bits per heavy atom. The second kappa shape index (κ2) is 5.83. The van der Waals surface area contributed by atoms with Gasteiger partial charge in [-0.3, -0.25) is 4.79 Å². The van der Waals surface area contributed by atoms with Gasteiger partial charge in [0.05, 0.1) is 5.41 Å². The monoisotopic (exact) mass is 275 g/mol. The lowest BCUT2D eigenvalue weighted by Crippen LogP contribution is -2.41. The zero-order chi connectivity index (χ0) is 14.8. The topological polar surface area (TPSA) is 44.4 Å². The van der Waals surface area contributed by atoms with Crippen molar-refractivity contribution < 1.29 is 4.79 Å². The van der Waals surface area contributed by atoms with Crippen LogP contribution in [-0.4, -0.2) is 33.1 Å². The molecule has 0 aromatic heterocycles. The minimum Gasteiger partial charge on any atom is -0.374 e. The zero-order valence-corrected chi connectivity index (χ0v) is 12.9. The summed E-state index contributed by atoms with van der Waals surface area (Å²) in [6.45, 7) is 6.49. The molecule has 4 nitrogen and oxygen atoms in total. The molecular weight excluding hydrogens is 250 g/mol. The van der Waals surface area contributed by atoms with Gasteiger partial charge < -0.3 is 15.5 Å². The molecule has 1 heterocycles. The molecule has 0 unspecified atom stereocenters. The first-order valence-electron chi connectivity index (χ1n) is 7.20. The lowest BCUT2D eigenvalue weighted by atomic mass is 9.92. The average Bonchev–Trinajstić information content (AvgIpc) is 2.79. The molecular formula is C16H25N3O. The van der Waals surface area contributed by atoms with Gasteiger partial charge in [-0.05, 0) is 37.5 Å². The van der Waals surface area contributed by atoms with Crippen LogP contribution in [0.4, 0.5) is 5.69 Å². The third-order valence-corrected chi connectivity index (χ3v) is 4.01. The number of nitrogens with zero attached hydrogens (tertiary/aromatic N) is 1. The van der Waals surface area contributed by atoms with E-state index < -0.39 is 0 Å². The second-order valence-corrected chi connectivity index (χ2v) is 6.20. The first-order chi connectivity index (χ1) is 9.44. The van der Waals surface area contributed by atoms with Crippen LogP contribution in [0.2, 0.25) is 0 Å². The number of carbonyl (C=O) groups excluding carboxylic acids is 1. The Morgan fingerprint density at radius 1 is 1.40 bits per heavy atom. The highest BCUT2D eigenvalue weighted by Crippen LogP contribution is 2.27. The standard InChI is InChI=1S/C16H25N3O/c1-16(2,15(20)17-3)11-18-10-12-5-6-14-13(9-12)7-8-19(14)4/h5-6,9,18H,7-8,10-11H2,1-4H3,(H,17,20). The fourth-order valence-corrected chi connectivity index (χ4v) is 2.67. The maximum absolute atomic E-state index is 11.7. The molecule has 1 aliphatic heterocycles. The van der Waals surface area contributed by atoms with Gasteiger partial charge in [-0.25, -0.2) is 0 Å². The van der Waals surface area contributed by atoms with Crippen LogP contribution in [0.3, 0.4) is 0 Å². The Bertz CT molecular complexity index is 496. The molecule has 2 rings (SSSR count). The first-order valence-corrected chi connectivity index (χ1v) is 7.20. The SMILES string of the molecule is CNC(=O)C(C)(C)CNCc1ccc2c(c1)CCN2C. The number of hydrogen-bond acceptors (Lipinski definition) is 3. The van der Waals surface area contributed by atoms with Gasteiger partial charge in [-0.15, -0.1) is 0 Å². The molecule has 110 valence electrons. The number of benzene rings is 1. The molecule has 0 saturated carbocycles. The number of likely N-dealkylation sites (N-methyl/N-ethyl adjacent to an activating group) is 1. The van der Waals surface area contributed by atoms with Gasteiger partial charge in [-0.2, -0.15) is 0 Å². The van der Waals surface area contributed by atoms with E-state index in [1.54, 1.807) is 7.05 Å². The molecule has 0 radical (unpaired) electrons. The predicted molar refractivity (Wildman–Crippen MR) is 83.0 cm³/mol. The van der Waals surface area contributed by atoms with E-state index in [2.05, 4.69) is 40.8 Å². The van der Waals surface area contributed by atoms with Gasteiger partial charge in [0, 0.05) is 39.4 Å². The van der Waals surface area contributed by atoms with Crippen molar-refractivity contribution in [2.45, 2.75) is 26.8 Å². The highest BCUT2D eigenvalue weighted by molar-refractivity contribution is 5.81. The summed E-state index contributed by atoms with van der Waals surface area (Å²) >= 11 is 0. The molecule has 0 aliphatic carbocycles. The van der Waals surface area contributed by atoms with E-state index in [1.165, 1.54) is 16.8 Å². The van der Waals surface area contributed by atoms with Crippen molar-refractivity contribution in [1.29, 1.82) is 0 Å². The third-order valence-electron chi connectivity index (χ3n) is 4.01. The molecule has 0 fully saturated rings. The lowest BCUT2D eigenvalue weighted by molar-refractivity contribution is -0.128. The summed E-state index contributed by atoms with van der Waals surface area (Å²) in [5, 5.41) is 6.09. The van der Waals surface area contributed by atoms with E-state index in [0.717, 1.165) is 19.5 Å². The highest BCUT2D eigenvalue weighted by atomic mass is 16.2. The molecule has 1 aromatic carbocycles. The molecule has 0 bridgehead atoms. The fourth-order valence-electron chi connectivity index (χ4n) is 2.67. The number of nitrogens with one attached hydrogen (secondary N) is 2. The molecule has 4 heteroatoms. The number of fused-ring (bicyclic) bond motifs is 1. The molecule has 1 amide bonds. The number of carbonyl (C=O) groups is 1. The number of rotatable bonds is 5. The van der Waals surface area contributed by atoms with Crippen molar-refractivity contribution in [3.8, 4) is 0 Å². The smallest absolute Gasteiger partial charge is 0.226 e. The molecule has 20 heavy (non-hydrogen) atoms. The van der Waals surface area contributed by atoms with Crippen LogP contribution in [0.5, 0.6) is 0 Å². The largest absolute Gasteiger partial charge is 0.374 e. The van der Waals surface area contributed by atoms with E-state index in [1.807, 2.05) is 13.8 Å². The predicted octanol–water partition coefficient (Wildman–Crippen LogP) is 1.54. The van der Waals surface area contributed by atoms with Crippen molar-refractivity contribution >= 4 is 11.6 Å². The summed E-state index contributed by atoms with van der Waals surface area (Å²) in [7, 11) is 3.82. The summed E-state index contributed by atoms with van der Waals surface area (Å²) in [6.07, 6.45) is 1.13. The van der Waals surface area contributed by atoms with E-state index >= 15 is 0 Å². The van der Waals surface area contributed by atoms with Crippen LogP contribution < -0.4 is 15.5 Å². The van der Waals surface area contributed by atoms with Gasteiger partial charge in [0.25, 0.3) is 0 Å². The number of amides is 1. The average molecular weight is 275 g/mol. The van der Waals surface area contributed by atoms with E-state index in [0.29, 0.717) is 6.54 Å². The van der Waals surface area contributed by atoms with E-state index in [4.69, 9.17) is 0 Å². The lowest BCUT2D eigenvalue weighted by Gasteiger charge is -2.23. The summed E-state index contributed by atoms with van der Waals surface area (Å²) in [4.78, 5) is 14.0. The first kappa shape index (κ1) is 14.9. The van der Waals surface area contributed by atoms with Gasteiger partial charge in [0.15, 0.2) is 0 Å². The van der Waals surface area contributed by atoms with Crippen LogP contribution in [0, 0.1) is 5.41 Å².